The Morgan fingerprint density at radius 2 is 1.77 bits per heavy atom. The fourth-order valence-electron chi connectivity index (χ4n) is 1.63. The molecule has 7 heteroatoms. The van der Waals surface area contributed by atoms with Gasteiger partial charge in [0, 0.05) is 6.42 Å². The summed E-state index contributed by atoms with van der Waals surface area (Å²) < 4.78 is 10.4. The van der Waals surface area contributed by atoms with Gasteiger partial charge in [0.05, 0.1) is 11.4 Å². The predicted molar refractivity (Wildman–Crippen MR) is 85.7 cm³/mol. The van der Waals surface area contributed by atoms with Gasteiger partial charge < -0.3 is 20.9 Å². The van der Waals surface area contributed by atoms with E-state index in [1.807, 2.05) is 6.92 Å². The summed E-state index contributed by atoms with van der Waals surface area (Å²) in [5, 5.41) is 2.48. The van der Waals surface area contributed by atoms with Crippen molar-refractivity contribution in [2.24, 2.45) is 0 Å². The molecule has 7 nitrogen and oxygen atoms in total. The summed E-state index contributed by atoms with van der Waals surface area (Å²) in [6.07, 6.45) is 0.160. The highest BCUT2D eigenvalue weighted by molar-refractivity contribution is 5.95. The van der Waals surface area contributed by atoms with Crippen molar-refractivity contribution in [1.29, 1.82) is 0 Å². The van der Waals surface area contributed by atoms with E-state index in [-0.39, 0.29) is 29.2 Å². The molecule has 122 valence electrons. The zero-order chi connectivity index (χ0) is 16.9. The number of benzene rings is 1. The van der Waals surface area contributed by atoms with Crippen LogP contribution in [0.5, 0.6) is 5.75 Å². The van der Waals surface area contributed by atoms with Gasteiger partial charge >= 0.3 is 12.1 Å². The van der Waals surface area contributed by atoms with Crippen molar-refractivity contribution in [2.45, 2.75) is 46.1 Å². The maximum absolute atomic E-state index is 11.9. The lowest BCUT2D eigenvalue weighted by molar-refractivity contribution is -0.134. The van der Waals surface area contributed by atoms with Crippen molar-refractivity contribution in [3.8, 4) is 5.75 Å². The minimum atomic E-state index is -0.711. The summed E-state index contributed by atoms with van der Waals surface area (Å²) in [5.41, 5.74) is 11.5. The highest BCUT2D eigenvalue weighted by Gasteiger charge is 2.21. The van der Waals surface area contributed by atoms with Crippen molar-refractivity contribution in [1.82, 2.24) is 0 Å². The van der Waals surface area contributed by atoms with Crippen LogP contribution in [0.15, 0.2) is 12.1 Å². The van der Waals surface area contributed by atoms with Crippen LogP contribution in [0.1, 0.15) is 40.5 Å². The molecule has 1 amide bonds. The van der Waals surface area contributed by atoms with Crippen molar-refractivity contribution >= 4 is 29.1 Å². The zero-order valence-electron chi connectivity index (χ0n) is 13.4. The summed E-state index contributed by atoms with van der Waals surface area (Å²) in [6.45, 7) is 7.05. The Hall–Kier alpha value is -2.44. The third kappa shape index (κ3) is 5.16. The fraction of sp³-hybridized carbons (Fsp3) is 0.467. The molecule has 0 saturated heterocycles. The highest BCUT2D eigenvalue weighted by Crippen LogP contribution is 2.37. The molecule has 0 bridgehead atoms. The quantitative estimate of drug-likeness (QED) is 0.447. The molecule has 0 saturated carbocycles. The second kappa shape index (κ2) is 7.02. The first-order valence-electron chi connectivity index (χ1n) is 7.02. The van der Waals surface area contributed by atoms with Gasteiger partial charge in [-0.15, -0.1) is 0 Å². The third-order valence-corrected chi connectivity index (χ3v) is 2.52. The Morgan fingerprint density at radius 1 is 1.18 bits per heavy atom. The molecule has 0 spiro atoms. The minimum Gasteiger partial charge on any atom is -0.444 e. The summed E-state index contributed by atoms with van der Waals surface area (Å²) in [6, 6.07) is 3.02. The van der Waals surface area contributed by atoms with E-state index in [2.05, 4.69) is 5.32 Å². The smallest absolute Gasteiger partial charge is 0.412 e. The lowest BCUT2D eigenvalue weighted by atomic mass is 10.2. The van der Waals surface area contributed by atoms with Crippen molar-refractivity contribution < 1.29 is 19.1 Å². The number of carbonyl (C=O) groups excluding carboxylic acids is 2. The van der Waals surface area contributed by atoms with E-state index in [1.54, 1.807) is 20.8 Å². The molecule has 0 aliphatic rings. The van der Waals surface area contributed by atoms with Crippen LogP contribution in [-0.4, -0.2) is 17.7 Å². The van der Waals surface area contributed by atoms with E-state index >= 15 is 0 Å². The second-order valence-corrected chi connectivity index (χ2v) is 5.80. The normalized spacial score (nSPS) is 10.9. The molecule has 0 aliphatic carbocycles. The summed E-state index contributed by atoms with van der Waals surface area (Å²) in [7, 11) is 0. The number of ether oxygens (including phenoxy) is 2. The molecule has 0 heterocycles. The van der Waals surface area contributed by atoms with Crippen LogP contribution >= 0.6 is 0 Å². The van der Waals surface area contributed by atoms with E-state index in [0.717, 1.165) is 0 Å². The van der Waals surface area contributed by atoms with E-state index in [0.29, 0.717) is 6.42 Å². The first kappa shape index (κ1) is 17.6. The number of rotatable bonds is 4. The number of nitrogens with one attached hydrogen (secondary N) is 1. The number of hydrogen-bond acceptors (Lipinski definition) is 6. The van der Waals surface area contributed by atoms with Gasteiger partial charge in [-0.25, -0.2) is 4.79 Å². The van der Waals surface area contributed by atoms with Gasteiger partial charge in [-0.05, 0) is 39.3 Å². The molecule has 0 aromatic heterocycles. The topological polar surface area (TPSA) is 117 Å². The summed E-state index contributed by atoms with van der Waals surface area (Å²) in [5.74, 6) is -0.420. The van der Waals surface area contributed by atoms with Gasteiger partial charge in [0.2, 0.25) is 0 Å². The van der Waals surface area contributed by atoms with Gasteiger partial charge in [-0.3, -0.25) is 10.1 Å². The van der Waals surface area contributed by atoms with Gasteiger partial charge in [0.25, 0.3) is 0 Å². The van der Waals surface area contributed by atoms with Crippen molar-refractivity contribution in [3.63, 3.8) is 0 Å². The average Bonchev–Trinajstić information content (AvgIpc) is 2.36. The average molecular weight is 309 g/mol. The predicted octanol–water partition coefficient (Wildman–Crippen LogP) is 2.90. The molecule has 0 unspecified atom stereocenters. The number of esters is 1. The Balaban J connectivity index is 3.04. The van der Waals surface area contributed by atoms with Crippen molar-refractivity contribution in [3.05, 3.63) is 12.1 Å². The van der Waals surface area contributed by atoms with Gasteiger partial charge in [0.15, 0.2) is 5.75 Å². The molecule has 5 N–H and O–H groups in total. The SMILES string of the molecule is CCCC(=O)Oc1c(N)ccc(N)c1NC(=O)OC(C)(C)C. The van der Waals surface area contributed by atoms with Crippen LogP contribution in [0.25, 0.3) is 0 Å². The first-order valence-corrected chi connectivity index (χ1v) is 7.02. The van der Waals surface area contributed by atoms with E-state index < -0.39 is 17.7 Å². The third-order valence-electron chi connectivity index (χ3n) is 2.52. The van der Waals surface area contributed by atoms with Gasteiger partial charge in [-0.1, -0.05) is 6.92 Å². The molecule has 22 heavy (non-hydrogen) atoms. The van der Waals surface area contributed by atoms with Crippen molar-refractivity contribution in [2.75, 3.05) is 16.8 Å². The molecule has 0 aliphatic heterocycles. The number of nitrogens with two attached hydrogens (primary N) is 2. The number of nitrogen functional groups attached to an aromatic ring is 2. The van der Waals surface area contributed by atoms with Crippen LogP contribution in [0.4, 0.5) is 21.9 Å². The van der Waals surface area contributed by atoms with Gasteiger partial charge in [0.1, 0.15) is 11.3 Å². The highest BCUT2D eigenvalue weighted by atomic mass is 16.6. The molecule has 0 fully saturated rings. The lowest BCUT2D eigenvalue weighted by Crippen LogP contribution is -2.28. The van der Waals surface area contributed by atoms with Crippen LogP contribution < -0.4 is 21.5 Å². The standard InChI is InChI=1S/C15H23N3O4/c1-5-6-11(19)21-13-10(17)8-7-9(16)12(13)18-14(20)22-15(2,3)4/h7-8H,5-6,16-17H2,1-4H3,(H,18,20). The Kier molecular flexibility index (Phi) is 5.62. The monoisotopic (exact) mass is 309 g/mol. The number of amides is 1. The van der Waals surface area contributed by atoms with Crippen LogP contribution in [0.3, 0.4) is 0 Å². The van der Waals surface area contributed by atoms with E-state index in [4.69, 9.17) is 20.9 Å². The molecular formula is C15H23N3O4. The molecular weight excluding hydrogens is 286 g/mol. The fourth-order valence-corrected chi connectivity index (χ4v) is 1.63. The van der Waals surface area contributed by atoms with E-state index in [9.17, 15) is 9.59 Å². The Bertz CT molecular complexity index is 565. The molecule has 1 aromatic rings. The molecule has 1 aromatic carbocycles. The maximum Gasteiger partial charge on any atom is 0.412 e. The summed E-state index contributed by atoms with van der Waals surface area (Å²) >= 11 is 0. The van der Waals surface area contributed by atoms with Crippen LogP contribution in [0.2, 0.25) is 0 Å². The first-order chi connectivity index (χ1) is 10.1. The molecule has 0 radical (unpaired) electrons. The Labute approximate surface area is 129 Å². The maximum atomic E-state index is 11.9. The molecule has 0 atom stereocenters. The zero-order valence-corrected chi connectivity index (χ0v) is 13.4. The largest absolute Gasteiger partial charge is 0.444 e. The minimum absolute atomic E-state index is 0.0318. The number of carbonyl (C=O) groups is 2. The molecule has 1 rings (SSSR count). The summed E-state index contributed by atoms with van der Waals surface area (Å²) in [4.78, 5) is 23.6. The lowest BCUT2D eigenvalue weighted by Gasteiger charge is -2.21. The number of anilines is 3. The Morgan fingerprint density at radius 3 is 2.32 bits per heavy atom. The van der Waals surface area contributed by atoms with E-state index in [1.165, 1.54) is 12.1 Å². The van der Waals surface area contributed by atoms with Crippen LogP contribution in [-0.2, 0) is 9.53 Å². The second-order valence-electron chi connectivity index (χ2n) is 5.80. The number of hydrogen-bond donors (Lipinski definition) is 3. The van der Waals surface area contributed by atoms with Gasteiger partial charge in [-0.2, -0.15) is 0 Å². The van der Waals surface area contributed by atoms with Crippen LogP contribution in [0, 0.1) is 0 Å².